The van der Waals surface area contributed by atoms with Crippen LogP contribution in [0.2, 0.25) is 0 Å². The first-order chi connectivity index (χ1) is 6.06. The van der Waals surface area contributed by atoms with Gasteiger partial charge in [0.15, 0.2) is 0 Å². The molecule has 0 fully saturated rings. The maximum Gasteiger partial charge on any atom is 0.0894 e. The summed E-state index contributed by atoms with van der Waals surface area (Å²) >= 11 is 0. The quantitative estimate of drug-likeness (QED) is 0.370. The summed E-state index contributed by atoms with van der Waals surface area (Å²) < 4.78 is 0. The van der Waals surface area contributed by atoms with Crippen LogP contribution in [0.3, 0.4) is 0 Å². The van der Waals surface area contributed by atoms with Crippen molar-refractivity contribution in [2.45, 2.75) is 12.2 Å². The lowest BCUT2D eigenvalue weighted by atomic mass is 10.3. The Morgan fingerprint density at radius 2 is 1.69 bits per heavy atom. The number of hydrogen-bond acceptors (Lipinski definition) is 5. The first-order valence-corrected chi connectivity index (χ1v) is 4.38. The zero-order valence-corrected chi connectivity index (χ0v) is 8.27. The molecule has 0 saturated carbocycles. The summed E-state index contributed by atoms with van der Waals surface area (Å²) in [7, 11) is 3.76. The summed E-state index contributed by atoms with van der Waals surface area (Å²) in [5.74, 6) is 0. The highest BCUT2D eigenvalue weighted by atomic mass is 16.3. The van der Waals surface area contributed by atoms with Crippen LogP contribution >= 0.6 is 0 Å². The van der Waals surface area contributed by atoms with Crippen LogP contribution in [0.25, 0.3) is 0 Å². The Balaban J connectivity index is 3.31. The largest absolute Gasteiger partial charge is 0.394 e. The van der Waals surface area contributed by atoms with Crippen LogP contribution in [-0.2, 0) is 0 Å². The molecule has 0 rings (SSSR count). The maximum atomic E-state index is 9.36. The van der Waals surface area contributed by atoms with Crippen LogP contribution in [0.15, 0.2) is 0 Å². The van der Waals surface area contributed by atoms with Crippen LogP contribution in [0.5, 0.6) is 0 Å². The standard InChI is InChI=1S/C8H20N2O3/c1-10(2)5-7(12)3-9-4-8(13)6-11/h7-9,11-13H,3-6H2,1-2H3. The van der Waals surface area contributed by atoms with E-state index in [1.165, 1.54) is 0 Å². The molecule has 0 aromatic heterocycles. The number of nitrogens with zero attached hydrogens (tertiary/aromatic N) is 1. The Bertz CT molecular complexity index is 122. The second-order valence-electron chi connectivity index (χ2n) is 3.41. The van der Waals surface area contributed by atoms with Crippen LogP contribution in [0.1, 0.15) is 0 Å². The van der Waals surface area contributed by atoms with Gasteiger partial charge in [0, 0.05) is 19.6 Å². The summed E-state index contributed by atoms with van der Waals surface area (Å²) in [6.45, 7) is 1.06. The number of likely N-dealkylation sites (N-methyl/N-ethyl adjacent to an activating group) is 1. The van der Waals surface area contributed by atoms with Crippen molar-refractivity contribution in [3.8, 4) is 0 Å². The van der Waals surface area contributed by atoms with E-state index in [9.17, 15) is 5.11 Å². The number of aliphatic hydroxyl groups excluding tert-OH is 3. The van der Waals surface area contributed by atoms with E-state index in [-0.39, 0.29) is 6.61 Å². The minimum absolute atomic E-state index is 0.253. The van der Waals surface area contributed by atoms with Crippen molar-refractivity contribution in [2.24, 2.45) is 0 Å². The molecule has 4 N–H and O–H groups in total. The molecule has 2 unspecified atom stereocenters. The van der Waals surface area contributed by atoms with Crippen LogP contribution in [0, 0.1) is 0 Å². The minimum atomic E-state index is -0.744. The molecule has 0 heterocycles. The smallest absolute Gasteiger partial charge is 0.0894 e. The van der Waals surface area contributed by atoms with E-state index in [4.69, 9.17) is 10.2 Å². The summed E-state index contributed by atoms with van der Waals surface area (Å²) in [5.41, 5.74) is 0. The molecule has 0 radical (unpaired) electrons. The van der Waals surface area contributed by atoms with E-state index in [0.717, 1.165) is 0 Å². The van der Waals surface area contributed by atoms with Gasteiger partial charge < -0.3 is 25.5 Å². The average Bonchev–Trinajstić information content (AvgIpc) is 2.02. The third-order valence-electron chi connectivity index (χ3n) is 1.55. The van der Waals surface area contributed by atoms with Gasteiger partial charge in [0.2, 0.25) is 0 Å². The molecule has 2 atom stereocenters. The van der Waals surface area contributed by atoms with Crippen molar-refractivity contribution in [3.05, 3.63) is 0 Å². The highest BCUT2D eigenvalue weighted by Crippen LogP contribution is 1.84. The third-order valence-corrected chi connectivity index (χ3v) is 1.55. The summed E-state index contributed by atoms with van der Waals surface area (Å²) in [6, 6.07) is 0. The Kier molecular flexibility index (Phi) is 7.12. The van der Waals surface area contributed by atoms with Gasteiger partial charge in [-0.25, -0.2) is 0 Å². The van der Waals surface area contributed by atoms with Crippen molar-refractivity contribution in [3.63, 3.8) is 0 Å². The lowest BCUT2D eigenvalue weighted by Gasteiger charge is -2.17. The van der Waals surface area contributed by atoms with E-state index in [1.807, 2.05) is 19.0 Å². The normalized spacial score (nSPS) is 16.2. The Morgan fingerprint density at radius 3 is 2.15 bits per heavy atom. The van der Waals surface area contributed by atoms with Gasteiger partial charge in [-0.15, -0.1) is 0 Å². The van der Waals surface area contributed by atoms with Crippen molar-refractivity contribution in [1.29, 1.82) is 0 Å². The molecule has 0 amide bonds. The summed E-state index contributed by atoms with van der Waals surface area (Å²) in [5, 5.41) is 29.6. The van der Waals surface area contributed by atoms with Crippen LogP contribution < -0.4 is 5.32 Å². The van der Waals surface area contributed by atoms with Gasteiger partial charge in [-0.3, -0.25) is 0 Å². The first kappa shape index (κ1) is 12.8. The maximum absolute atomic E-state index is 9.36. The summed E-state index contributed by atoms with van der Waals surface area (Å²) in [6.07, 6.45) is -1.19. The highest BCUT2D eigenvalue weighted by molar-refractivity contribution is 4.64. The van der Waals surface area contributed by atoms with Gasteiger partial charge in [0.05, 0.1) is 18.8 Å². The van der Waals surface area contributed by atoms with Crippen molar-refractivity contribution >= 4 is 0 Å². The van der Waals surface area contributed by atoms with E-state index < -0.39 is 12.2 Å². The molecule has 0 aliphatic carbocycles. The molecular weight excluding hydrogens is 172 g/mol. The average molecular weight is 192 g/mol. The van der Waals surface area contributed by atoms with Crippen LogP contribution in [-0.4, -0.2) is 72.8 Å². The van der Waals surface area contributed by atoms with Crippen molar-refractivity contribution < 1.29 is 15.3 Å². The molecule has 0 spiro atoms. The van der Waals surface area contributed by atoms with E-state index in [1.54, 1.807) is 0 Å². The molecule has 0 aromatic rings. The van der Waals surface area contributed by atoms with Crippen molar-refractivity contribution in [1.82, 2.24) is 10.2 Å². The van der Waals surface area contributed by atoms with Gasteiger partial charge in [-0.05, 0) is 14.1 Å². The second-order valence-corrected chi connectivity index (χ2v) is 3.41. The monoisotopic (exact) mass is 192 g/mol. The molecule has 0 aromatic carbocycles. The molecule has 13 heavy (non-hydrogen) atoms. The predicted octanol–water partition coefficient (Wildman–Crippen LogP) is -2.15. The third kappa shape index (κ3) is 8.14. The van der Waals surface area contributed by atoms with E-state index in [2.05, 4.69) is 5.32 Å². The van der Waals surface area contributed by atoms with Gasteiger partial charge >= 0.3 is 0 Å². The highest BCUT2D eigenvalue weighted by Gasteiger charge is 2.06. The first-order valence-electron chi connectivity index (χ1n) is 4.38. The van der Waals surface area contributed by atoms with E-state index in [0.29, 0.717) is 19.6 Å². The predicted molar refractivity (Wildman–Crippen MR) is 50.5 cm³/mol. The number of aliphatic hydroxyl groups is 3. The van der Waals surface area contributed by atoms with Gasteiger partial charge in [0.1, 0.15) is 0 Å². The second kappa shape index (κ2) is 7.23. The fourth-order valence-corrected chi connectivity index (χ4v) is 0.967. The minimum Gasteiger partial charge on any atom is -0.394 e. The van der Waals surface area contributed by atoms with Crippen LogP contribution in [0.4, 0.5) is 0 Å². The zero-order chi connectivity index (χ0) is 10.3. The van der Waals surface area contributed by atoms with Crippen molar-refractivity contribution in [2.75, 3.05) is 40.3 Å². The Morgan fingerprint density at radius 1 is 1.15 bits per heavy atom. The Hall–Kier alpha value is -0.200. The molecule has 0 aliphatic rings. The molecule has 5 nitrogen and oxygen atoms in total. The Labute approximate surface area is 79.0 Å². The van der Waals surface area contributed by atoms with Gasteiger partial charge in [0.25, 0.3) is 0 Å². The van der Waals surface area contributed by atoms with E-state index >= 15 is 0 Å². The van der Waals surface area contributed by atoms with Gasteiger partial charge in [-0.2, -0.15) is 0 Å². The SMILES string of the molecule is CN(C)CC(O)CNCC(O)CO. The lowest BCUT2D eigenvalue weighted by Crippen LogP contribution is -2.38. The fourth-order valence-electron chi connectivity index (χ4n) is 0.967. The molecule has 0 aliphatic heterocycles. The number of hydrogen-bond donors (Lipinski definition) is 4. The molecule has 80 valence electrons. The van der Waals surface area contributed by atoms with Gasteiger partial charge in [-0.1, -0.05) is 0 Å². The number of rotatable bonds is 7. The lowest BCUT2D eigenvalue weighted by molar-refractivity contribution is 0.0858. The molecular formula is C8H20N2O3. The topological polar surface area (TPSA) is 76.0 Å². The fraction of sp³-hybridized carbons (Fsp3) is 1.00. The molecule has 0 saturated heterocycles. The zero-order valence-electron chi connectivity index (χ0n) is 8.27. The molecule has 0 bridgehead atoms. The molecule has 5 heteroatoms. The number of nitrogens with one attached hydrogen (secondary N) is 1. The summed E-state index contributed by atoms with van der Waals surface area (Å²) in [4.78, 5) is 1.88.